The van der Waals surface area contributed by atoms with E-state index in [9.17, 15) is 9.59 Å². The number of hydrogen-bond donors (Lipinski definition) is 1. The van der Waals surface area contributed by atoms with Crippen LogP contribution >= 0.6 is 11.3 Å². The standard InChI is InChI=1S/C16H25N3O2S/c1-16(2,3)15-18-11(10-22-15)8-14(21)19(9-13(17)20)12-6-4-5-7-12/h10,12H,4-9H2,1-3H3,(H2,17,20). The predicted molar refractivity (Wildman–Crippen MR) is 87.7 cm³/mol. The normalized spacial score (nSPS) is 16.0. The maximum atomic E-state index is 12.6. The van der Waals surface area contributed by atoms with Crippen molar-refractivity contribution >= 4 is 23.2 Å². The summed E-state index contributed by atoms with van der Waals surface area (Å²) in [4.78, 5) is 30.1. The lowest BCUT2D eigenvalue weighted by molar-refractivity contribution is -0.136. The summed E-state index contributed by atoms with van der Waals surface area (Å²) in [7, 11) is 0. The van der Waals surface area contributed by atoms with Gasteiger partial charge in [-0.2, -0.15) is 0 Å². The van der Waals surface area contributed by atoms with Gasteiger partial charge in [-0.05, 0) is 12.8 Å². The van der Waals surface area contributed by atoms with Crippen LogP contribution in [0, 0.1) is 0 Å². The second kappa shape index (κ2) is 6.77. The number of carbonyl (C=O) groups is 2. The molecule has 2 amide bonds. The van der Waals surface area contributed by atoms with Crippen LogP contribution in [-0.2, 0) is 21.4 Å². The molecule has 0 aliphatic heterocycles. The van der Waals surface area contributed by atoms with E-state index in [4.69, 9.17) is 5.73 Å². The average Bonchev–Trinajstić information content (AvgIpc) is 3.05. The van der Waals surface area contributed by atoms with Crippen LogP contribution < -0.4 is 5.73 Å². The number of nitrogens with zero attached hydrogens (tertiary/aromatic N) is 2. The summed E-state index contributed by atoms with van der Waals surface area (Å²) in [5.74, 6) is -0.495. The van der Waals surface area contributed by atoms with Crippen molar-refractivity contribution in [2.75, 3.05) is 6.54 Å². The van der Waals surface area contributed by atoms with Gasteiger partial charge in [0.05, 0.1) is 23.7 Å². The zero-order chi connectivity index (χ0) is 16.3. The molecular formula is C16H25N3O2S. The Bertz CT molecular complexity index is 542. The largest absolute Gasteiger partial charge is 0.368 e. The van der Waals surface area contributed by atoms with E-state index in [2.05, 4.69) is 25.8 Å². The van der Waals surface area contributed by atoms with E-state index >= 15 is 0 Å². The average molecular weight is 323 g/mol. The van der Waals surface area contributed by atoms with Gasteiger partial charge in [0.2, 0.25) is 11.8 Å². The van der Waals surface area contributed by atoms with Crippen molar-refractivity contribution in [2.45, 2.75) is 64.3 Å². The molecule has 6 heteroatoms. The molecule has 1 aliphatic carbocycles. The quantitative estimate of drug-likeness (QED) is 0.903. The molecule has 22 heavy (non-hydrogen) atoms. The minimum absolute atomic E-state index is 0.00959. The summed E-state index contributed by atoms with van der Waals surface area (Å²) in [5.41, 5.74) is 6.08. The van der Waals surface area contributed by atoms with Crippen molar-refractivity contribution in [3.8, 4) is 0 Å². The molecule has 122 valence electrons. The van der Waals surface area contributed by atoms with Crippen molar-refractivity contribution in [2.24, 2.45) is 5.73 Å². The third-order valence-electron chi connectivity index (χ3n) is 3.94. The van der Waals surface area contributed by atoms with Gasteiger partial charge < -0.3 is 10.6 Å². The SMILES string of the molecule is CC(C)(C)c1nc(CC(=O)N(CC(N)=O)C2CCCC2)cs1. The lowest BCUT2D eigenvalue weighted by atomic mass is 9.98. The predicted octanol–water partition coefficient (Wildman–Crippen LogP) is 2.24. The van der Waals surface area contributed by atoms with E-state index in [1.54, 1.807) is 16.2 Å². The van der Waals surface area contributed by atoms with Crippen molar-refractivity contribution in [3.05, 3.63) is 16.1 Å². The fraction of sp³-hybridized carbons (Fsp3) is 0.688. The highest BCUT2D eigenvalue weighted by molar-refractivity contribution is 7.09. The number of carbonyl (C=O) groups excluding carboxylic acids is 2. The molecule has 0 saturated heterocycles. The van der Waals surface area contributed by atoms with E-state index in [-0.39, 0.29) is 30.3 Å². The Morgan fingerprint density at radius 1 is 1.36 bits per heavy atom. The first-order chi connectivity index (χ1) is 10.3. The fourth-order valence-electron chi connectivity index (χ4n) is 2.79. The zero-order valence-corrected chi connectivity index (χ0v) is 14.4. The molecule has 0 unspecified atom stereocenters. The van der Waals surface area contributed by atoms with Gasteiger partial charge in [0, 0.05) is 16.8 Å². The molecule has 1 aromatic rings. The van der Waals surface area contributed by atoms with Crippen LogP contribution in [0.15, 0.2) is 5.38 Å². The third kappa shape index (κ3) is 4.29. The molecule has 0 spiro atoms. The summed E-state index contributed by atoms with van der Waals surface area (Å²) < 4.78 is 0. The topological polar surface area (TPSA) is 76.3 Å². The fourth-order valence-corrected chi connectivity index (χ4v) is 3.70. The Morgan fingerprint density at radius 3 is 2.50 bits per heavy atom. The lowest BCUT2D eigenvalue weighted by Gasteiger charge is -2.27. The second-order valence-corrected chi connectivity index (χ2v) is 7.86. The van der Waals surface area contributed by atoms with Gasteiger partial charge in [0.1, 0.15) is 0 Å². The van der Waals surface area contributed by atoms with Crippen molar-refractivity contribution in [3.63, 3.8) is 0 Å². The Kier molecular flexibility index (Phi) is 5.21. The molecule has 0 aromatic carbocycles. The van der Waals surface area contributed by atoms with Gasteiger partial charge in [-0.25, -0.2) is 4.98 Å². The van der Waals surface area contributed by atoms with Crippen LogP contribution in [-0.4, -0.2) is 34.3 Å². The number of hydrogen-bond acceptors (Lipinski definition) is 4. The molecule has 2 N–H and O–H groups in total. The molecule has 1 fully saturated rings. The van der Waals surface area contributed by atoms with Crippen LogP contribution in [0.25, 0.3) is 0 Å². The van der Waals surface area contributed by atoms with Crippen LogP contribution in [0.1, 0.15) is 57.2 Å². The Hall–Kier alpha value is -1.43. The molecule has 0 radical (unpaired) electrons. The smallest absolute Gasteiger partial charge is 0.237 e. The summed E-state index contributed by atoms with van der Waals surface area (Å²) in [6, 6.07) is 0.153. The molecule has 0 atom stereocenters. The molecule has 2 rings (SSSR count). The summed E-state index contributed by atoms with van der Waals surface area (Å²) in [6.07, 6.45) is 4.39. The minimum atomic E-state index is -0.450. The zero-order valence-electron chi connectivity index (χ0n) is 13.6. The van der Waals surface area contributed by atoms with E-state index in [1.165, 1.54) is 0 Å². The van der Waals surface area contributed by atoms with Crippen molar-refractivity contribution in [1.29, 1.82) is 0 Å². The van der Waals surface area contributed by atoms with E-state index in [1.807, 2.05) is 5.38 Å². The van der Waals surface area contributed by atoms with Gasteiger partial charge in [-0.1, -0.05) is 33.6 Å². The Morgan fingerprint density at radius 2 is 2.00 bits per heavy atom. The molecule has 1 saturated carbocycles. The molecule has 5 nitrogen and oxygen atoms in total. The number of nitrogens with two attached hydrogens (primary N) is 1. The highest BCUT2D eigenvalue weighted by Gasteiger charge is 2.28. The molecule has 1 heterocycles. The third-order valence-corrected chi connectivity index (χ3v) is 5.25. The first-order valence-corrected chi connectivity index (χ1v) is 8.68. The first kappa shape index (κ1) is 16.9. The number of rotatable bonds is 5. The van der Waals surface area contributed by atoms with Gasteiger partial charge >= 0.3 is 0 Å². The van der Waals surface area contributed by atoms with Gasteiger partial charge in [-0.15, -0.1) is 11.3 Å². The van der Waals surface area contributed by atoms with Gasteiger partial charge in [0.15, 0.2) is 0 Å². The van der Waals surface area contributed by atoms with Crippen LogP contribution in [0.5, 0.6) is 0 Å². The summed E-state index contributed by atoms with van der Waals surface area (Å²) in [5, 5.41) is 2.97. The van der Waals surface area contributed by atoms with Crippen molar-refractivity contribution in [1.82, 2.24) is 9.88 Å². The molecule has 1 aromatic heterocycles. The van der Waals surface area contributed by atoms with Crippen LogP contribution in [0.3, 0.4) is 0 Å². The first-order valence-electron chi connectivity index (χ1n) is 7.80. The van der Waals surface area contributed by atoms with E-state index in [0.717, 1.165) is 36.4 Å². The lowest BCUT2D eigenvalue weighted by Crippen LogP contribution is -2.44. The molecule has 0 bridgehead atoms. The second-order valence-electron chi connectivity index (χ2n) is 7.00. The Balaban J connectivity index is 2.07. The molecule has 1 aliphatic rings. The molecular weight excluding hydrogens is 298 g/mol. The van der Waals surface area contributed by atoms with Gasteiger partial charge in [-0.3, -0.25) is 9.59 Å². The number of amides is 2. The highest BCUT2D eigenvalue weighted by Crippen LogP contribution is 2.27. The maximum Gasteiger partial charge on any atom is 0.237 e. The summed E-state index contributed by atoms with van der Waals surface area (Å²) in [6.45, 7) is 6.33. The van der Waals surface area contributed by atoms with Crippen LogP contribution in [0.4, 0.5) is 0 Å². The number of aromatic nitrogens is 1. The maximum absolute atomic E-state index is 12.6. The summed E-state index contributed by atoms with van der Waals surface area (Å²) >= 11 is 1.58. The number of thiazole rings is 1. The number of primary amides is 1. The van der Waals surface area contributed by atoms with Crippen molar-refractivity contribution < 1.29 is 9.59 Å². The Labute approximate surface area is 135 Å². The van der Waals surface area contributed by atoms with Crippen LogP contribution in [0.2, 0.25) is 0 Å². The monoisotopic (exact) mass is 323 g/mol. The van der Waals surface area contributed by atoms with Gasteiger partial charge in [0.25, 0.3) is 0 Å². The van der Waals surface area contributed by atoms with E-state index < -0.39 is 5.91 Å². The minimum Gasteiger partial charge on any atom is -0.368 e. The van der Waals surface area contributed by atoms with E-state index in [0.29, 0.717) is 0 Å². The highest BCUT2D eigenvalue weighted by atomic mass is 32.1.